The van der Waals surface area contributed by atoms with Crippen LogP contribution in [0.15, 0.2) is 85.2 Å². The molecule has 1 N–H and O–H groups in total. The van der Waals surface area contributed by atoms with Gasteiger partial charge in [0.15, 0.2) is 5.84 Å². The van der Waals surface area contributed by atoms with Crippen LogP contribution in [0, 0.1) is 0 Å². The fourth-order valence-corrected chi connectivity index (χ4v) is 4.33. The minimum absolute atomic E-state index is 0.0440. The normalized spacial score (nSPS) is 15.2. The number of hydrogen-bond acceptors (Lipinski definition) is 5. The smallest absolute Gasteiger partial charge is 0.347 e. The molecule has 1 aliphatic heterocycles. The van der Waals surface area contributed by atoms with Crippen molar-refractivity contribution in [3.8, 4) is 0 Å². The van der Waals surface area contributed by atoms with Crippen LogP contribution in [-0.2, 0) is 10.0 Å². The third kappa shape index (κ3) is 2.51. The van der Waals surface area contributed by atoms with Gasteiger partial charge in [0.2, 0.25) is 0 Å². The number of anilines is 1. The van der Waals surface area contributed by atoms with E-state index in [1.807, 2.05) is 30.3 Å². The Morgan fingerprint density at radius 2 is 1.56 bits per heavy atom. The molecule has 0 fully saturated rings. The van der Waals surface area contributed by atoms with Crippen LogP contribution in [-0.4, -0.2) is 14.3 Å². The van der Waals surface area contributed by atoms with Gasteiger partial charge in [-0.1, -0.05) is 36.4 Å². The molecule has 0 bridgehead atoms. The molecule has 6 nitrogen and oxygen atoms in total. The SMILES string of the molecule is O=c1oc2cc3ccccc3cc2cc1C1=NS(=O)(=O)c2ccccc2N1. The van der Waals surface area contributed by atoms with E-state index in [-0.39, 0.29) is 16.3 Å². The van der Waals surface area contributed by atoms with Crippen LogP contribution >= 0.6 is 0 Å². The lowest BCUT2D eigenvalue weighted by molar-refractivity contribution is 0.560. The first-order valence-electron chi connectivity index (χ1n) is 8.19. The molecule has 4 aromatic rings. The van der Waals surface area contributed by atoms with Gasteiger partial charge < -0.3 is 9.73 Å². The molecule has 0 unspecified atom stereocenters. The van der Waals surface area contributed by atoms with E-state index in [2.05, 4.69) is 9.71 Å². The van der Waals surface area contributed by atoms with Crippen molar-refractivity contribution in [2.75, 3.05) is 5.32 Å². The topological polar surface area (TPSA) is 88.7 Å². The van der Waals surface area contributed by atoms with Crippen molar-refractivity contribution in [1.82, 2.24) is 0 Å². The highest BCUT2D eigenvalue weighted by atomic mass is 32.2. The zero-order valence-electron chi connectivity index (χ0n) is 13.8. The van der Waals surface area contributed by atoms with E-state index in [0.717, 1.165) is 10.8 Å². The van der Waals surface area contributed by atoms with Gasteiger partial charge in [0.1, 0.15) is 16.0 Å². The Bertz CT molecular complexity index is 1440. The summed E-state index contributed by atoms with van der Waals surface area (Å²) in [5.74, 6) is -0.0440. The van der Waals surface area contributed by atoms with Gasteiger partial charge in [-0.3, -0.25) is 0 Å². The Hall–Kier alpha value is -3.45. The molecule has 27 heavy (non-hydrogen) atoms. The van der Waals surface area contributed by atoms with Gasteiger partial charge in [0, 0.05) is 5.39 Å². The zero-order valence-corrected chi connectivity index (χ0v) is 14.7. The number of hydrogen-bond donors (Lipinski definition) is 1. The predicted octanol–water partition coefficient (Wildman–Crippen LogP) is 3.51. The lowest BCUT2D eigenvalue weighted by atomic mass is 10.1. The van der Waals surface area contributed by atoms with Gasteiger partial charge in [0.25, 0.3) is 10.0 Å². The molecule has 0 saturated heterocycles. The standard InChI is InChI=1S/C20H12N2O4S/c23-20-15(19-21-16-7-3-4-8-18(16)27(24,25)22-19)10-14-9-12-5-1-2-6-13(12)11-17(14)26-20/h1-11H,(H,21,22). The summed E-state index contributed by atoms with van der Waals surface area (Å²) >= 11 is 0. The van der Waals surface area contributed by atoms with Crippen molar-refractivity contribution < 1.29 is 12.8 Å². The average Bonchev–Trinajstić information content (AvgIpc) is 2.65. The van der Waals surface area contributed by atoms with Crippen LogP contribution in [0.2, 0.25) is 0 Å². The highest BCUT2D eigenvalue weighted by Crippen LogP contribution is 2.28. The maximum absolute atomic E-state index is 12.5. The number of benzene rings is 3. The fourth-order valence-electron chi connectivity index (χ4n) is 3.20. The molecular formula is C20H12N2O4S. The van der Waals surface area contributed by atoms with E-state index in [1.54, 1.807) is 30.3 Å². The maximum Gasteiger partial charge on any atom is 0.347 e. The second kappa shape index (κ2) is 5.52. The van der Waals surface area contributed by atoms with E-state index >= 15 is 0 Å². The lowest BCUT2D eigenvalue weighted by Crippen LogP contribution is -2.27. The monoisotopic (exact) mass is 376 g/mol. The second-order valence-electron chi connectivity index (χ2n) is 6.22. The van der Waals surface area contributed by atoms with Crippen LogP contribution < -0.4 is 10.9 Å². The van der Waals surface area contributed by atoms with Crippen molar-refractivity contribution in [2.45, 2.75) is 4.90 Å². The minimum Gasteiger partial charge on any atom is -0.422 e. The number of sulfonamides is 1. The average molecular weight is 376 g/mol. The molecule has 1 aromatic heterocycles. The Balaban J connectivity index is 1.74. The minimum atomic E-state index is -3.90. The Morgan fingerprint density at radius 1 is 0.852 bits per heavy atom. The molecule has 0 spiro atoms. The summed E-state index contributed by atoms with van der Waals surface area (Å²) in [6.45, 7) is 0. The molecule has 3 aromatic carbocycles. The number of para-hydroxylation sites is 1. The van der Waals surface area contributed by atoms with Crippen molar-refractivity contribution in [3.05, 3.63) is 82.7 Å². The molecule has 0 radical (unpaired) electrons. The summed E-state index contributed by atoms with van der Waals surface area (Å²) in [7, 11) is -3.90. The van der Waals surface area contributed by atoms with E-state index in [4.69, 9.17) is 4.42 Å². The third-order valence-electron chi connectivity index (χ3n) is 4.49. The fraction of sp³-hybridized carbons (Fsp3) is 0. The number of fused-ring (bicyclic) bond motifs is 3. The van der Waals surface area contributed by atoms with Gasteiger partial charge >= 0.3 is 5.63 Å². The summed E-state index contributed by atoms with van der Waals surface area (Å²) < 4.78 is 34.1. The van der Waals surface area contributed by atoms with Gasteiger partial charge in [-0.25, -0.2) is 4.79 Å². The quantitative estimate of drug-likeness (QED) is 0.406. The van der Waals surface area contributed by atoms with Crippen molar-refractivity contribution in [3.63, 3.8) is 0 Å². The molecule has 7 heteroatoms. The van der Waals surface area contributed by atoms with Crippen molar-refractivity contribution in [2.24, 2.45) is 4.40 Å². The first-order chi connectivity index (χ1) is 13.0. The first-order valence-corrected chi connectivity index (χ1v) is 9.63. The second-order valence-corrected chi connectivity index (χ2v) is 7.79. The van der Waals surface area contributed by atoms with Crippen LogP contribution in [0.4, 0.5) is 5.69 Å². The van der Waals surface area contributed by atoms with Gasteiger partial charge in [0.05, 0.1) is 5.69 Å². The number of nitrogens with zero attached hydrogens (tertiary/aromatic N) is 1. The van der Waals surface area contributed by atoms with Crippen LogP contribution in [0.25, 0.3) is 21.7 Å². The molecule has 0 aliphatic carbocycles. The summed E-state index contributed by atoms with van der Waals surface area (Å²) in [6, 6.07) is 19.4. The molecular weight excluding hydrogens is 364 g/mol. The largest absolute Gasteiger partial charge is 0.422 e. The van der Waals surface area contributed by atoms with Gasteiger partial charge in [-0.05, 0) is 41.1 Å². The number of amidine groups is 1. The van der Waals surface area contributed by atoms with Crippen LogP contribution in [0.1, 0.15) is 5.56 Å². The molecule has 132 valence electrons. The molecule has 0 amide bonds. The van der Waals surface area contributed by atoms with Gasteiger partial charge in [-0.15, -0.1) is 4.40 Å². The summed E-state index contributed by atoms with van der Waals surface area (Å²) in [5, 5.41) is 5.54. The van der Waals surface area contributed by atoms with E-state index < -0.39 is 15.6 Å². The zero-order chi connectivity index (χ0) is 18.6. The van der Waals surface area contributed by atoms with Crippen LogP contribution in [0.3, 0.4) is 0 Å². The molecule has 0 atom stereocenters. The summed E-state index contributed by atoms with van der Waals surface area (Å²) in [4.78, 5) is 12.6. The third-order valence-corrected chi connectivity index (χ3v) is 5.82. The highest BCUT2D eigenvalue weighted by molar-refractivity contribution is 7.90. The van der Waals surface area contributed by atoms with Gasteiger partial charge in [-0.2, -0.15) is 8.42 Å². The molecule has 2 heterocycles. The Labute approximate surface area is 153 Å². The van der Waals surface area contributed by atoms with Crippen LogP contribution in [0.5, 0.6) is 0 Å². The van der Waals surface area contributed by atoms with E-state index in [0.29, 0.717) is 16.7 Å². The van der Waals surface area contributed by atoms with E-state index in [9.17, 15) is 13.2 Å². The summed E-state index contributed by atoms with van der Waals surface area (Å²) in [5.41, 5.74) is 0.220. The summed E-state index contributed by atoms with van der Waals surface area (Å²) in [6.07, 6.45) is 0. The molecule has 1 aliphatic rings. The highest BCUT2D eigenvalue weighted by Gasteiger charge is 2.26. The van der Waals surface area contributed by atoms with E-state index in [1.165, 1.54) is 6.07 Å². The molecule has 0 saturated carbocycles. The Morgan fingerprint density at radius 3 is 2.37 bits per heavy atom. The Kier molecular flexibility index (Phi) is 3.23. The number of nitrogens with one attached hydrogen (secondary N) is 1. The first kappa shape index (κ1) is 15.8. The lowest BCUT2D eigenvalue weighted by Gasteiger charge is -2.17. The van der Waals surface area contributed by atoms with Crippen molar-refractivity contribution >= 4 is 43.3 Å². The number of rotatable bonds is 1. The van der Waals surface area contributed by atoms with Crippen molar-refractivity contribution in [1.29, 1.82) is 0 Å². The molecule has 5 rings (SSSR count). The predicted molar refractivity (Wildman–Crippen MR) is 104 cm³/mol. The maximum atomic E-state index is 12.5.